The molecule has 0 fully saturated rings. The van der Waals surface area contributed by atoms with Crippen LogP contribution in [-0.4, -0.2) is 48.1 Å². The molecule has 0 saturated carbocycles. The number of nitrogens with zero attached hydrogens (tertiary/aromatic N) is 1. The van der Waals surface area contributed by atoms with Crippen LogP contribution >= 0.6 is 0 Å². The number of aliphatic hydroxyl groups excluding tert-OH is 1. The van der Waals surface area contributed by atoms with Gasteiger partial charge >= 0.3 is 0 Å². The van der Waals surface area contributed by atoms with E-state index in [0.717, 1.165) is 0 Å². The number of nitrogens with one attached hydrogen (secondary N) is 1. The Balaban J connectivity index is 2.50. The lowest BCUT2D eigenvalue weighted by Gasteiger charge is -2.18. The third-order valence-electron chi connectivity index (χ3n) is 2.46. The van der Waals surface area contributed by atoms with Gasteiger partial charge in [-0.25, -0.2) is 0 Å². The highest BCUT2D eigenvalue weighted by Gasteiger charge is 2.13. The first-order valence-corrected chi connectivity index (χ1v) is 6.00. The molecule has 0 aliphatic carbocycles. The predicted molar refractivity (Wildman–Crippen MR) is 72.6 cm³/mol. The van der Waals surface area contributed by atoms with E-state index in [-0.39, 0.29) is 13.2 Å². The minimum atomic E-state index is -0.423. The van der Waals surface area contributed by atoms with Crippen LogP contribution in [0.5, 0.6) is 0 Å². The van der Waals surface area contributed by atoms with E-state index in [4.69, 9.17) is 5.11 Å². The average Bonchev–Trinajstić information content (AvgIpc) is 2.40. The molecular weight excluding hydrogens is 244 g/mol. The van der Waals surface area contributed by atoms with E-state index >= 15 is 0 Å². The van der Waals surface area contributed by atoms with Crippen molar-refractivity contribution in [1.29, 1.82) is 0 Å². The molecule has 5 heteroatoms. The number of amides is 2. The highest BCUT2D eigenvalue weighted by atomic mass is 16.3. The molecule has 0 aliphatic heterocycles. The lowest BCUT2D eigenvalue weighted by atomic mass is 10.2. The molecule has 1 aromatic rings. The van der Waals surface area contributed by atoms with Gasteiger partial charge in [0.15, 0.2) is 0 Å². The van der Waals surface area contributed by atoms with E-state index in [1.54, 1.807) is 41.3 Å². The van der Waals surface area contributed by atoms with Crippen molar-refractivity contribution in [3.63, 3.8) is 0 Å². The first kappa shape index (κ1) is 15.1. The number of hydrogen-bond donors (Lipinski definition) is 2. The van der Waals surface area contributed by atoms with Gasteiger partial charge in [0, 0.05) is 18.7 Å². The summed E-state index contributed by atoms with van der Waals surface area (Å²) in [5.74, 6) is -0.822. The summed E-state index contributed by atoms with van der Waals surface area (Å²) < 4.78 is 0. The number of hydrogen-bond acceptors (Lipinski definition) is 4. The minimum absolute atomic E-state index is 0.0468. The molecule has 1 rings (SSSR count). The summed E-state index contributed by atoms with van der Waals surface area (Å²) in [7, 11) is 0. The van der Waals surface area contributed by atoms with E-state index < -0.39 is 11.8 Å². The van der Waals surface area contributed by atoms with Gasteiger partial charge in [-0.2, -0.15) is 0 Å². The van der Waals surface area contributed by atoms with Gasteiger partial charge in [-0.1, -0.05) is 24.3 Å². The van der Waals surface area contributed by atoms with E-state index in [1.807, 2.05) is 0 Å². The van der Waals surface area contributed by atoms with Crippen LogP contribution < -0.4 is 5.32 Å². The van der Waals surface area contributed by atoms with Crippen molar-refractivity contribution < 1.29 is 14.7 Å². The van der Waals surface area contributed by atoms with Crippen LogP contribution in [-0.2, 0) is 4.79 Å². The normalized spacial score (nSPS) is 10.2. The summed E-state index contributed by atoms with van der Waals surface area (Å²) >= 11 is 0. The van der Waals surface area contributed by atoms with Crippen molar-refractivity contribution in [2.45, 2.75) is 0 Å². The molecule has 0 heterocycles. The monoisotopic (exact) mass is 262 g/mol. The Kier molecular flexibility index (Phi) is 6.49. The zero-order valence-corrected chi connectivity index (χ0v) is 10.7. The van der Waals surface area contributed by atoms with Gasteiger partial charge in [0.25, 0.3) is 5.91 Å². The lowest BCUT2D eigenvalue weighted by molar-refractivity contribution is -0.121. The Morgan fingerprint density at radius 1 is 1.32 bits per heavy atom. The topological polar surface area (TPSA) is 69.6 Å². The Labute approximate surface area is 112 Å². The second-order valence-corrected chi connectivity index (χ2v) is 3.99. The third-order valence-corrected chi connectivity index (χ3v) is 2.46. The molecule has 102 valence electrons. The highest BCUT2D eigenvalue weighted by molar-refractivity contribution is 6.05. The van der Waals surface area contributed by atoms with Gasteiger partial charge in [-0.05, 0) is 12.1 Å². The first-order valence-electron chi connectivity index (χ1n) is 6.00. The number of carbonyl (C=O) groups is 2. The quantitative estimate of drug-likeness (QED) is 0.699. The van der Waals surface area contributed by atoms with Gasteiger partial charge in [-0.15, -0.1) is 6.58 Å². The average molecular weight is 262 g/mol. The molecule has 5 nitrogen and oxygen atoms in total. The molecule has 1 aromatic carbocycles. The van der Waals surface area contributed by atoms with Crippen LogP contribution in [0.3, 0.4) is 0 Å². The van der Waals surface area contributed by atoms with Crippen molar-refractivity contribution >= 4 is 11.8 Å². The molecular formula is C14H18N2O3. The van der Waals surface area contributed by atoms with Crippen LogP contribution in [0.15, 0.2) is 43.0 Å². The number of carbonyl (C=O) groups excluding carboxylic acids is 2. The summed E-state index contributed by atoms with van der Waals surface area (Å²) in [5.41, 5.74) is 0.438. The Bertz CT molecular complexity index is 432. The summed E-state index contributed by atoms with van der Waals surface area (Å²) in [6.45, 7) is 4.42. The Hall–Kier alpha value is -1.98. The SMILES string of the molecule is C=CCN(CCO)CC(=O)NC(=O)c1ccccc1. The molecule has 0 saturated heterocycles. The third kappa shape index (κ3) is 5.46. The fourth-order valence-electron chi connectivity index (χ4n) is 1.59. The summed E-state index contributed by atoms with van der Waals surface area (Å²) in [6.07, 6.45) is 1.64. The van der Waals surface area contributed by atoms with E-state index in [2.05, 4.69) is 11.9 Å². The van der Waals surface area contributed by atoms with Crippen LogP contribution in [0.25, 0.3) is 0 Å². The highest BCUT2D eigenvalue weighted by Crippen LogP contribution is 1.98. The van der Waals surface area contributed by atoms with Crippen LogP contribution in [0.4, 0.5) is 0 Å². The summed E-state index contributed by atoms with van der Waals surface area (Å²) in [6, 6.07) is 8.53. The largest absolute Gasteiger partial charge is 0.395 e. The van der Waals surface area contributed by atoms with E-state index in [0.29, 0.717) is 18.7 Å². The maximum atomic E-state index is 11.7. The second-order valence-electron chi connectivity index (χ2n) is 3.99. The van der Waals surface area contributed by atoms with Crippen molar-refractivity contribution in [1.82, 2.24) is 10.2 Å². The summed E-state index contributed by atoms with van der Waals surface area (Å²) in [4.78, 5) is 25.1. The van der Waals surface area contributed by atoms with Crippen molar-refractivity contribution in [3.8, 4) is 0 Å². The maximum absolute atomic E-state index is 11.7. The van der Waals surface area contributed by atoms with E-state index in [1.165, 1.54) is 0 Å². The maximum Gasteiger partial charge on any atom is 0.257 e. The molecule has 19 heavy (non-hydrogen) atoms. The smallest absolute Gasteiger partial charge is 0.257 e. The number of imide groups is 1. The van der Waals surface area contributed by atoms with Crippen LogP contribution in [0.2, 0.25) is 0 Å². The van der Waals surface area contributed by atoms with Gasteiger partial charge in [-0.3, -0.25) is 19.8 Å². The fraction of sp³-hybridized carbons (Fsp3) is 0.286. The molecule has 0 radical (unpaired) electrons. The van der Waals surface area contributed by atoms with E-state index in [9.17, 15) is 9.59 Å². The van der Waals surface area contributed by atoms with Gasteiger partial charge in [0.05, 0.1) is 13.2 Å². The minimum Gasteiger partial charge on any atom is -0.395 e. The Morgan fingerprint density at radius 3 is 2.58 bits per heavy atom. The summed E-state index contributed by atoms with van der Waals surface area (Å²) in [5, 5.41) is 11.2. The molecule has 0 aromatic heterocycles. The molecule has 0 unspecified atom stereocenters. The number of benzene rings is 1. The standard InChI is InChI=1S/C14H18N2O3/c1-2-8-16(9-10-17)11-13(18)15-14(19)12-6-4-3-5-7-12/h2-7,17H,1,8-11H2,(H,15,18,19). The van der Waals surface area contributed by atoms with Crippen molar-refractivity contribution in [2.24, 2.45) is 0 Å². The van der Waals surface area contributed by atoms with Crippen LogP contribution in [0, 0.1) is 0 Å². The molecule has 2 N–H and O–H groups in total. The molecule has 0 bridgehead atoms. The fourth-order valence-corrected chi connectivity index (χ4v) is 1.59. The molecule has 2 amide bonds. The number of rotatable bonds is 7. The van der Waals surface area contributed by atoms with Gasteiger partial charge in [0.2, 0.25) is 5.91 Å². The zero-order chi connectivity index (χ0) is 14.1. The number of aliphatic hydroxyl groups is 1. The van der Waals surface area contributed by atoms with Crippen molar-refractivity contribution in [2.75, 3.05) is 26.2 Å². The van der Waals surface area contributed by atoms with Gasteiger partial charge < -0.3 is 5.11 Å². The predicted octanol–water partition coefficient (Wildman–Crippen LogP) is 0.423. The van der Waals surface area contributed by atoms with Crippen molar-refractivity contribution in [3.05, 3.63) is 48.6 Å². The van der Waals surface area contributed by atoms with Gasteiger partial charge in [0.1, 0.15) is 0 Å². The Morgan fingerprint density at radius 2 is 2.00 bits per heavy atom. The second kappa shape index (κ2) is 8.18. The molecule has 0 spiro atoms. The zero-order valence-electron chi connectivity index (χ0n) is 10.7. The molecule has 0 atom stereocenters. The van der Waals surface area contributed by atoms with Crippen LogP contribution in [0.1, 0.15) is 10.4 Å². The lowest BCUT2D eigenvalue weighted by Crippen LogP contribution is -2.41. The molecule has 0 aliphatic rings. The first-order chi connectivity index (χ1) is 9.17.